The maximum absolute atomic E-state index is 11.0. The van der Waals surface area contributed by atoms with E-state index in [1.807, 2.05) is 38.1 Å². The van der Waals surface area contributed by atoms with E-state index in [2.05, 4.69) is 0 Å². The van der Waals surface area contributed by atoms with E-state index in [4.69, 9.17) is 9.47 Å². The molecule has 1 saturated carbocycles. The molecule has 118 valence electrons. The number of methoxy groups -OCH3 is 1. The van der Waals surface area contributed by atoms with E-state index in [1.54, 1.807) is 7.11 Å². The summed E-state index contributed by atoms with van der Waals surface area (Å²) in [6.45, 7) is 4.00. The Labute approximate surface area is 128 Å². The van der Waals surface area contributed by atoms with Crippen molar-refractivity contribution in [3.63, 3.8) is 0 Å². The quantitative estimate of drug-likeness (QED) is 0.825. The lowest BCUT2D eigenvalue weighted by molar-refractivity contribution is -0.114. The van der Waals surface area contributed by atoms with Gasteiger partial charge in [0.1, 0.15) is 11.9 Å². The van der Waals surface area contributed by atoms with Crippen LogP contribution in [0.3, 0.4) is 0 Å². The van der Waals surface area contributed by atoms with Gasteiger partial charge in [0.15, 0.2) is 0 Å². The van der Waals surface area contributed by atoms with Crippen LogP contribution < -0.4 is 4.74 Å². The van der Waals surface area contributed by atoms with Gasteiger partial charge in [0, 0.05) is 12.7 Å². The first kappa shape index (κ1) is 16.3. The summed E-state index contributed by atoms with van der Waals surface area (Å²) in [4.78, 5) is 0. The van der Waals surface area contributed by atoms with Gasteiger partial charge >= 0.3 is 0 Å². The molecule has 21 heavy (non-hydrogen) atoms. The molecule has 0 spiro atoms. The summed E-state index contributed by atoms with van der Waals surface area (Å²) >= 11 is 0. The minimum Gasteiger partial charge on any atom is -0.491 e. The Morgan fingerprint density at radius 1 is 1.05 bits per heavy atom. The van der Waals surface area contributed by atoms with E-state index in [9.17, 15) is 5.11 Å². The van der Waals surface area contributed by atoms with E-state index in [-0.39, 0.29) is 6.10 Å². The Bertz CT molecular complexity index is 434. The maximum atomic E-state index is 11.0. The van der Waals surface area contributed by atoms with Crippen LogP contribution in [0.15, 0.2) is 24.3 Å². The zero-order chi connectivity index (χ0) is 15.3. The van der Waals surface area contributed by atoms with Crippen molar-refractivity contribution in [2.24, 2.45) is 0 Å². The van der Waals surface area contributed by atoms with E-state index in [1.165, 1.54) is 12.8 Å². The Morgan fingerprint density at radius 3 is 2.24 bits per heavy atom. The van der Waals surface area contributed by atoms with Crippen molar-refractivity contribution in [1.29, 1.82) is 0 Å². The first-order valence-corrected chi connectivity index (χ1v) is 8.08. The molecular formula is C18H28O3. The Morgan fingerprint density at radius 2 is 1.67 bits per heavy atom. The van der Waals surface area contributed by atoms with Crippen molar-refractivity contribution in [2.45, 2.75) is 70.2 Å². The van der Waals surface area contributed by atoms with Gasteiger partial charge < -0.3 is 14.6 Å². The summed E-state index contributed by atoms with van der Waals surface area (Å²) in [7, 11) is 1.72. The molecule has 3 nitrogen and oxygen atoms in total. The average molecular weight is 292 g/mol. The SMILES string of the molecule is COC1(C(O)c2ccccc2OC(C)C)CCCCCC1. The van der Waals surface area contributed by atoms with Gasteiger partial charge in [0.05, 0.1) is 11.7 Å². The fourth-order valence-electron chi connectivity index (χ4n) is 3.27. The molecule has 1 aliphatic rings. The van der Waals surface area contributed by atoms with Gasteiger partial charge in [-0.15, -0.1) is 0 Å². The van der Waals surface area contributed by atoms with Crippen LogP contribution >= 0.6 is 0 Å². The highest BCUT2D eigenvalue weighted by Gasteiger charge is 2.40. The molecule has 1 aliphatic carbocycles. The largest absolute Gasteiger partial charge is 0.491 e. The minimum absolute atomic E-state index is 0.0889. The molecule has 0 amide bonds. The van der Waals surface area contributed by atoms with Crippen molar-refractivity contribution in [1.82, 2.24) is 0 Å². The van der Waals surface area contributed by atoms with Crippen LogP contribution in [0.2, 0.25) is 0 Å². The van der Waals surface area contributed by atoms with E-state index in [0.29, 0.717) is 0 Å². The third-order valence-electron chi connectivity index (χ3n) is 4.43. The van der Waals surface area contributed by atoms with Crippen LogP contribution in [-0.4, -0.2) is 23.9 Å². The van der Waals surface area contributed by atoms with Crippen molar-refractivity contribution in [3.8, 4) is 5.75 Å². The maximum Gasteiger partial charge on any atom is 0.125 e. The summed E-state index contributed by atoms with van der Waals surface area (Å²) in [5.74, 6) is 0.765. The van der Waals surface area contributed by atoms with Crippen molar-refractivity contribution in [2.75, 3.05) is 7.11 Å². The highest BCUT2D eigenvalue weighted by atomic mass is 16.5. The number of rotatable bonds is 5. The molecule has 0 radical (unpaired) electrons. The summed E-state index contributed by atoms with van der Waals surface area (Å²) < 4.78 is 11.7. The van der Waals surface area contributed by atoms with E-state index in [0.717, 1.165) is 37.0 Å². The van der Waals surface area contributed by atoms with Gasteiger partial charge in [-0.1, -0.05) is 43.9 Å². The lowest BCUT2D eigenvalue weighted by atomic mass is 9.84. The number of benzene rings is 1. The Hall–Kier alpha value is -1.06. The topological polar surface area (TPSA) is 38.7 Å². The molecular weight excluding hydrogens is 264 g/mol. The highest BCUT2D eigenvalue weighted by molar-refractivity contribution is 5.36. The second kappa shape index (κ2) is 7.28. The number of ether oxygens (including phenoxy) is 2. The van der Waals surface area contributed by atoms with Crippen LogP contribution in [-0.2, 0) is 4.74 Å². The molecule has 1 unspecified atom stereocenters. The molecule has 1 fully saturated rings. The molecule has 1 aromatic rings. The number of hydrogen-bond acceptors (Lipinski definition) is 3. The zero-order valence-electron chi connectivity index (χ0n) is 13.5. The van der Waals surface area contributed by atoms with E-state index >= 15 is 0 Å². The van der Waals surface area contributed by atoms with Crippen LogP contribution in [0.1, 0.15) is 64.0 Å². The molecule has 1 atom stereocenters. The molecule has 0 saturated heterocycles. The van der Waals surface area contributed by atoms with Gasteiger partial charge in [-0.05, 0) is 32.8 Å². The summed E-state index contributed by atoms with van der Waals surface area (Å²) in [5, 5.41) is 11.0. The normalized spacial score (nSPS) is 20.0. The van der Waals surface area contributed by atoms with Crippen LogP contribution in [0.4, 0.5) is 0 Å². The number of para-hydroxylation sites is 1. The first-order chi connectivity index (χ1) is 10.1. The van der Waals surface area contributed by atoms with Crippen LogP contribution in [0.5, 0.6) is 5.75 Å². The third-order valence-corrected chi connectivity index (χ3v) is 4.43. The predicted octanol–water partition coefficient (Wildman–Crippen LogP) is 4.25. The van der Waals surface area contributed by atoms with Gasteiger partial charge in [-0.2, -0.15) is 0 Å². The third kappa shape index (κ3) is 3.78. The first-order valence-electron chi connectivity index (χ1n) is 8.08. The summed E-state index contributed by atoms with van der Waals surface area (Å²) in [6.07, 6.45) is 5.92. The standard InChI is InChI=1S/C18H28O3/c1-14(2)21-16-11-7-6-10-15(16)17(19)18(20-3)12-8-4-5-9-13-18/h6-7,10-11,14,17,19H,4-5,8-9,12-13H2,1-3H3. The van der Waals surface area contributed by atoms with Crippen molar-refractivity contribution < 1.29 is 14.6 Å². The zero-order valence-corrected chi connectivity index (χ0v) is 13.5. The van der Waals surface area contributed by atoms with Gasteiger partial charge in [-0.3, -0.25) is 0 Å². The predicted molar refractivity (Wildman–Crippen MR) is 84.6 cm³/mol. The fraction of sp³-hybridized carbons (Fsp3) is 0.667. The molecule has 2 rings (SSSR count). The Kier molecular flexibility index (Phi) is 5.65. The molecule has 0 aromatic heterocycles. The lowest BCUT2D eigenvalue weighted by Crippen LogP contribution is -2.38. The second-order valence-electron chi connectivity index (χ2n) is 6.29. The molecule has 3 heteroatoms. The fourth-order valence-corrected chi connectivity index (χ4v) is 3.27. The minimum atomic E-state index is -0.643. The van der Waals surface area contributed by atoms with Crippen LogP contribution in [0, 0.1) is 0 Å². The smallest absolute Gasteiger partial charge is 0.125 e. The summed E-state index contributed by atoms with van der Waals surface area (Å²) in [6, 6.07) is 7.78. The number of aliphatic hydroxyl groups excluding tert-OH is 1. The van der Waals surface area contributed by atoms with Crippen molar-refractivity contribution in [3.05, 3.63) is 29.8 Å². The van der Waals surface area contributed by atoms with E-state index < -0.39 is 11.7 Å². The molecule has 1 N–H and O–H groups in total. The van der Waals surface area contributed by atoms with Gasteiger partial charge in [0.25, 0.3) is 0 Å². The monoisotopic (exact) mass is 292 g/mol. The Balaban J connectivity index is 2.30. The van der Waals surface area contributed by atoms with Gasteiger partial charge in [-0.25, -0.2) is 0 Å². The molecule has 0 heterocycles. The number of hydrogen-bond donors (Lipinski definition) is 1. The number of aliphatic hydroxyl groups is 1. The average Bonchev–Trinajstić information content (AvgIpc) is 2.73. The second-order valence-corrected chi connectivity index (χ2v) is 6.29. The molecule has 0 bridgehead atoms. The lowest BCUT2D eigenvalue weighted by Gasteiger charge is -2.37. The molecule has 1 aromatic carbocycles. The highest BCUT2D eigenvalue weighted by Crippen LogP contribution is 2.42. The summed E-state index contributed by atoms with van der Waals surface area (Å²) in [5.41, 5.74) is 0.363. The molecule has 0 aliphatic heterocycles. The van der Waals surface area contributed by atoms with Crippen LogP contribution in [0.25, 0.3) is 0 Å². The van der Waals surface area contributed by atoms with Gasteiger partial charge in [0.2, 0.25) is 0 Å². The van der Waals surface area contributed by atoms with Crippen molar-refractivity contribution >= 4 is 0 Å².